The van der Waals surface area contributed by atoms with Gasteiger partial charge in [0.25, 0.3) is 0 Å². The summed E-state index contributed by atoms with van der Waals surface area (Å²) in [5.41, 5.74) is 3.38. The Hall–Kier alpha value is -1.94. The SMILES string of the molecule is Cc1csc(CCNC(=O)/C=C/c2ccc(C(C)C)cc2)n1. The van der Waals surface area contributed by atoms with Gasteiger partial charge in [0.15, 0.2) is 0 Å². The van der Waals surface area contributed by atoms with Gasteiger partial charge in [-0.15, -0.1) is 11.3 Å². The Balaban J connectivity index is 1.78. The molecule has 0 aliphatic heterocycles. The quantitative estimate of drug-likeness (QED) is 0.820. The van der Waals surface area contributed by atoms with Crippen molar-refractivity contribution < 1.29 is 4.79 Å². The zero-order valence-electron chi connectivity index (χ0n) is 13.3. The summed E-state index contributed by atoms with van der Waals surface area (Å²) < 4.78 is 0. The molecular weight excluding hydrogens is 292 g/mol. The van der Waals surface area contributed by atoms with Crippen LogP contribution in [0, 0.1) is 6.92 Å². The molecule has 116 valence electrons. The largest absolute Gasteiger partial charge is 0.352 e. The van der Waals surface area contributed by atoms with Gasteiger partial charge in [-0.2, -0.15) is 0 Å². The fourth-order valence-corrected chi connectivity index (χ4v) is 2.81. The molecule has 4 heteroatoms. The second-order valence-electron chi connectivity index (χ2n) is 5.58. The summed E-state index contributed by atoms with van der Waals surface area (Å²) in [6.07, 6.45) is 4.20. The third-order valence-corrected chi connectivity index (χ3v) is 4.36. The van der Waals surface area contributed by atoms with Gasteiger partial charge in [0.2, 0.25) is 5.91 Å². The second kappa shape index (κ2) is 7.90. The average molecular weight is 314 g/mol. The van der Waals surface area contributed by atoms with E-state index in [1.165, 1.54) is 5.56 Å². The Labute approximate surface area is 136 Å². The van der Waals surface area contributed by atoms with E-state index >= 15 is 0 Å². The lowest BCUT2D eigenvalue weighted by atomic mass is 10.0. The fourth-order valence-electron chi connectivity index (χ4n) is 2.03. The lowest BCUT2D eigenvalue weighted by Crippen LogP contribution is -2.23. The molecule has 0 aliphatic carbocycles. The van der Waals surface area contributed by atoms with E-state index in [0.29, 0.717) is 12.5 Å². The van der Waals surface area contributed by atoms with Gasteiger partial charge < -0.3 is 5.32 Å². The van der Waals surface area contributed by atoms with Crippen LogP contribution in [0.2, 0.25) is 0 Å². The predicted molar refractivity (Wildman–Crippen MR) is 93.1 cm³/mol. The molecule has 0 radical (unpaired) electrons. The number of thiazole rings is 1. The topological polar surface area (TPSA) is 42.0 Å². The van der Waals surface area contributed by atoms with Crippen LogP contribution in [0.4, 0.5) is 0 Å². The first-order valence-corrected chi connectivity index (χ1v) is 8.39. The predicted octanol–water partition coefficient (Wildman–Crippen LogP) is 3.95. The van der Waals surface area contributed by atoms with E-state index in [0.717, 1.165) is 22.7 Å². The monoisotopic (exact) mass is 314 g/mol. The standard InChI is InChI=1S/C18H22N2OS/c1-13(2)16-7-4-15(5-8-16)6-9-17(21)19-11-10-18-20-14(3)12-22-18/h4-9,12-13H,10-11H2,1-3H3,(H,19,21)/b9-6+. The summed E-state index contributed by atoms with van der Waals surface area (Å²) in [4.78, 5) is 16.1. The molecule has 0 saturated heterocycles. The van der Waals surface area contributed by atoms with Crippen LogP contribution in [0.25, 0.3) is 6.08 Å². The van der Waals surface area contributed by atoms with Crippen molar-refractivity contribution in [3.63, 3.8) is 0 Å². The first-order valence-electron chi connectivity index (χ1n) is 7.51. The van der Waals surface area contributed by atoms with Gasteiger partial charge in [0.05, 0.1) is 5.01 Å². The summed E-state index contributed by atoms with van der Waals surface area (Å²) in [7, 11) is 0. The molecule has 1 aromatic heterocycles. The Morgan fingerprint density at radius 1 is 1.32 bits per heavy atom. The Morgan fingerprint density at radius 3 is 2.64 bits per heavy atom. The van der Waals surface area contributed by atoms with E-state index in [1.807, 2.05) is 30.5 Å². The Bertz CT molecular complexity index is 641. The highest BCUT2D eigenvalue weighted by Gasteiger charge is 2.01. The average Bonchev–Trinajstić information content (AvgIpc) is 2.91. The molecule has 1 heterocycles. The van der Waals surface area contributed by atoms with Crippen molar-refractivity contribution in [1.82, 2.24) is 10.3 Å². The van der Waals surface area contributed by atoms with Gasteiger partial charge in [0, 0.05) is 30.1 Å². The number of hydrogen-bond donors (Lipinski definition) is 1. The minimum absolute atomic E-state index is 0.0683. The summed E-state index contributed by atoms with van der Waals surface area (Å²) in [5, 5.41) is 5.97. The summed E-state index contributed by atoms with van der Waals surface area (Å²) in [5.74, 6) is 0.456. The zero-order chi connectivity index (χ0) is 15.9. The van der Waals surface area contributed by atoms with Gasteiger partial charge in [-0.1, -0.05) is 38.1 Å². The number of hydrogen-bond acceptors (Lipinski definition) is 3. The minimum Gasteiger partial charge on any atom is -0.352 e. The highest BCUT2D eigenvalue weighted by atomic mass is 32.1. The normalized spacial score (nSPS) is 11.3. The smallest absolute Gasteiger partial charge is 0.244 e. The molecule has 0 spiro atoms. The molecule has 0 unspecified atom stereocenters. The van der Waals surface area contributed by atoms with Crippen LogP contribution in [0.15, 0.2) is 35.7 Å². The van der Waals surface area contributed by atoms with E-state index in [1.54, 1.807) is 17.4 Å². The number of amides is 1. The van der Waals surface area contributed by atoms with E-state index in [9.17, 15) is 4.79 Å². The highest BCUT2D eigenvalue weighted by molar-refractivity contribution is 7.09. The minimum atomic E-state index is -0.0683. The van der Waals surface area contributed by atoms with E-state index < -0.39 is 0 Å². The van der Waals surface area contributed by atoms with E-state index in [-0.39, 0.29) is 5.91 Å². The maximum absolute atomic E-state index is 11.8. The van der Waals surface area contributed by atoms with E-state index in [2.05, 4.69) is 36.3 Å². The molecule has 22 heavy (non-hydrogen) atoms. The zero-order valence-corrected chi connectivity index (χ0v) is 14.1. The molecule has 0 aliphatic rings. The van der Waals surface area contributed by atoms with Crippen molar-refractivity contribution in [3.8, 4) is 0 Å². The molecule has 1 aromatic carbocycles. The molecule has 0 saturated carbocycles. The number of carbonyl (C=O) groups is 1. The van der Waals surface area contributed by atoms with Crippen molar-refractivity contribution in [3.05, 3.63) is 57.6 Å². The van der Waals surface area contributed by atoms with Gasteiger partial charge in [-0.3, -0.25) is 4.79 Å². The molecule has 1 N–H and O–H groups in total. The third kappa shape index (κ3) is 5.11. The molecule has 0 fully saturated rings. The van der Waals surface area contributed by atoms with E-state index in [4.69, 9.17) is 0 Å². The van der Waals surface area contributed by atoms with Gasteiger partial charge >= 0.3 is 0 Å². The van der Waals surface area contributed by atoms with Crippen molar-refractivity contribution >= 4 is 23.3 Å². The van der Waals surface area contributed by atoms with Crippen LogP contribution in [0.5, 0.6) is 0 Å². The van der Waals surface area contributed by atoms with Gasteiger partial charge in [-0.05, 0) is 30.0 Å². The fraction of sp³-hybridized carbons (Fsp3) is 0.333. The maximum Gasteiger partial charge on any atom is 0.244 e. The van der Waals surface area contributed by atoms with Crippen molar-refractivity contribution in [2.75, 3.05) is 6.54 Å². The van der Waals surface area contributed by atoms with Crippen LogP contribution in [0.3, 0.4) is 0 Å². The summed E-state index contributed by atoms with van der Waals surface area (Å²) in [6.45, 7) is 6.93. The number of carbonyl (C=O) groups excluding carboxylic acids is 1. The van der Waals surface area contributed by atoms with Crippen molar-refractivity contribution in [1.29, 1.82) is 0 Å². The Morgan fingerprint density at radius 2 is 2.05 bits per heavy atom. The molecule has 2 rings (SSSR count). The third-order valence-electron chi connectivity index (χ3n) is 3.33. The van der Waals surface area contributed by atoms with Crippen molar-refractivity contribution in [2.45, 2.75) is 33.1 Å². The van der Waals surface area contributed by atoms with Crippen LogP contribution in [-0.2, 0) is 11.2 Å². The van der Waals surface area contributed by atoms with Gasteiger partial charge in [0.1, 0.15) is 0 Å². The molecule has 3 nitrogen and oxygen atoms in total. The molecule has 1 amide bonds. The number of nitrogens with one attached hydrogen (secondary N) is 1. The van der Waals surface area contributed by atoms with Crippen LogP contribution in [0.1, 0.15) is 41.6 Å². The first kappa shape index (κ1) is 16.4. The van der Waals surface area contributed by atoms with Crippen LogP contribution in [-0.4, -0.2) is 17.4 Å². The second-order valence-corrected chi connectivity index (χ2v) is 6.52. The van der Waals surface area contributed by atoms with Crippen LogP contribution < -0.4 is 5.32 Å². The number of rotatable bonds is 6. The number of benzene rings is 1. The Kier molecular flexibility index (Phi) is 5.90. The number of nitrogens with zero attached hydrogens (tertiary/aromatic N) is 1. The summed E-state index contributed by atoms with van der Waals surface area (Å²) in [6, 6.07) is 8.29. The number of aryl methyl sites for hydroxylation is 1. The van der Waals surface area contributed by atoms with Crippen LogP contribution >= 0.6 is 11.3 Å². The molecule has 0 atom stereocenters. The number of aromatic nitrogens is 1. The molecule has 2 aromatic rings. The lowest BCUT2D eigenvalue weighted by molar-refractivity contribution is -0.116. The lowest BCUT2D eigenvalue weighted by Gasteiger charge is -2.04. The maximum atomic E-state index is 11.8. The highest BCUT2D eigenvalue weighted by Crippen LogP contribution is 2.15. The van der Waals surface area contributed by atoms with Crippen molar-refractivity contribution in [2.24, 2.45) is 0 Å². The molecular formula is C18H22N2OS. The molecule has 0 bridgehead atoms. The van der Waals surface area contributed by atoms with Gasteiger partial charge in [-0.25, -0.2) is 4.98 Å². The summed E-state index contributed by atoms with van der Waals surface area (Å²) >= 11 is 1.63. The first-order chi connectivity index (χ1) is 10.5.